The van der Waals surface area contributed by atoms with Gasteiger partial charge in [-0.25, -0.2) is 4.21 Å². The largest absolute Gasteiger partial charge is 0.274 e. The van der Waals surface area contributed by atoms with Gasteiger partial charge in [0, 0.05) is 11.8 Å². The Hall–Kier alpha value is -0.100. The van der Waals surface area contributed by atoms with Crippen LogP contribution >= 0.6 is 34.5 Å². The highest BCUT2D eigenvalue weighted by molar-refractivity contribution is 7.84. The van der Waals surface area contributed by atoms with Crippen LogP contribution in [0.1, 0.15) is 26.7 Å². The number of hydrogen-bond donors (Lipinski definition) is 1. The molecule has 0 bridgehead atoms. The molecule has 0 aliphatic rings. The Balaban J connectivity index is 2.55. The van der Waals surface area contributed by atoms with Gasteiger partial charge >= 0.3 is 0 Å². The molecule has 1 aromatic heterocycles. The van der Waals surface area contributed by atoms with Gasteiger partial charge in [0.05, 0.1) is 9.92 Å². The smallest absolute Gasteiger partial charge is 0.231 e. The summed E-state index contributed by atoms with van der Waals surface area (Å²) >= 11 is 12.8. The van der Waals surface area contributed by atoms with E-state index in [9.17, 15) is 9.00 Å². The summed E-state index contributed by atoms with van der Waals surface area (Å²) in [4.78, 5) is 11.8. The molecule has 17 heavy (non-hydrogen) atoms. The van der Waals surface area contributed by atoms with E-state index in [-0.39, 0.29) is 10.9 Å². The van der Waals surface area contributed by atoms with Gasteiger partial charge in [0.15, 0.2) is 11.0 Å². The van der Waals surface area contributed by atoms with Crippen molar-refractivity contribution in [1.29, 1.82) is 0 Å². The second kappa shape index (κ2) is 6.73. The van der Waals surface area contributed by atoms with Crippen molar-refractivity contribution in [2.45, 2.75) is 31.6 Å². The van der Waals surface area contributed by atoms with Crippen LogP contribution in [0, 0.1) is 5.92 Å². The van der Waals surface area contributed by atoms with Crippen molar-refractivity contribution in [2.24, 2.45) is 5.92 Å². The van der Waals surface area contributed by atoms with Crippen LogP contribution in [0.3, 0.4) is 0 Å². The molecule has 0 saturated carbocycles. The van der Waals surface area contributed by atoms with Gasteiger partial charge in [-0.15, -0.1) is 11.3 Å². The lowest BCUT2D eigenvalue weighted by molar-refractivity contribution is -0.119. The van der Waals surface area contributed by atoms with Gasteiger partial charge in [0.25, 0.3) is 0 Å². The maximum atomic E-state index is 11.8. The highest BCUT2D eigenvalue weighted by atomic mass is 35.5. The summed E-state index contributed by atoms with van der Waals surface area (Å²) in [5.41, 5.74) is 0. The van der Waals surface area contributed by atoms with Crippen LogP contribution in [-0.4, -0.2) is 10.1 Å². The first-order chi connectivity index (χ1) is 7.91. The fourth-order valence-corrected chi connectivity index (χ4v) is 3.60. The first kappa shape index (κ1) is 15.0. The molecule has 1 aromatic rings. The first-order valence-corrected chi connectivity index (χ1v) is 7.84. The zero-order chi connectivity index (χ0) is 13.0. The second-order valence-corrected chi connectivity index (χ2v) is 6.96. The number of carbonyl (C=O) groups excluding carboxylic acids is 1. The molecule has 3 nitrogen and oxygen atoms in total. The molecule has 1 amide bonds. The Morgan fingerprint density at radius 1 is 1.53 bits per heavy atom. The lowest BCUT2D eigenvalue weighted by Gasteiger charge is -2.05. The van der Waals surface area contributed by atoms with E-state index in [1.54, 1.807) is 5.38 Å². The Kier molecular flexibility index (Phi) is 5.92. The van der Waals surface area contributed by atoms with E-state index in [1.165, 1.54) is 11.3 Å². The van der Waals surface area contributed by atoms with Crippen LogP contribution in [0.5, 0.6) is 0 Å². The van der Waals surface area contributed by atoms with Crippen LogP contribution in [0.2, 0.25) is 9.36 Å². The summed E-state index contributed by atoms with van der Waals surface area (Å²) in [5, 5.41) is 1.84. The van der Waals surface area contributed by atoms with Crippen molar-refractivity contribution in [2.75, 3.05) is 0 Å². The quantitative estimate of drug-likeness (QED) is 0.902. The summed E-state index contributed by atoms with van der Waals surface area (Å²) in [6.07, 6.45) is 1.13. The van der Waals surface area contributed by atoms with Crippen LogP contribution < -0.4 is 4.72 Å². The molecular weight excluding hydrogens is 301 g/mol. The van der Waals surface area contributed by atoms with Crippen LogP contribution in [0.4, 0.5) is 0 Å². The summed E-state index contributed by atoms with van der Waals surface area (Å²) in [6, 6.07) is 0. The maximum Gasteiger partial charge on any atom is 0.231 e. The third-order valence-corrected chi connectivity index (χ3v) is 5.23. The molecule has 1 rings (SSSR count). The van der Waals surface area contributed by atoms with E-state index in [4.69, 9.17) is 23.2 Å². The Morgan fingerprint density at radius 3 is 2.65 bits per heavy atom. The molecule has 1 N–H and O–H groups in total. The third-order valence-electron chi connectivity index (χ3n) is 2.01. The van der Waals surface area contributed by atoms with E-state index in [0.29, 0.717) is 21.6 Å². The van der Waals surface area contributed by atoms with Gasteiger partial charge in [-0.3, -0.25) is 9.52 Å². The highest BCUT2D eigenvalue weighted by Gasteiger charge is 2.16. The van der Waals surface area contributed by atoms with Crippen molar-refractivity contribution < 1.29 is 9.00 Å². The summed E-state index contributed by atoms with van der Waals surface area (Å²) in [6.45, 7) is 4.06. The summed E-state index contributed by atoms with van der Waals surface area (Å²) in [5.74, 6) is 0.198. The standard InChI is InChI=1S/C10H13Cl2NO2S2/c1-6(2)3-4-8(14)13-17(15)7-5-16-10(12)9(7)11/h5-6H,3-4H2,1-2H3,(H,13,14). The molecule has 0 aliphatic heterocycles. The number of carbonyl (C=O) groups is 1. The highest BCUT2D eigenvalue weighted by Crippen LogP contribution is 2.33. The Labute approximate surface area is 117 Å². The molecule has 7 heteroatoms. The minimum absolute atomic E-state index is 0.240. The van der Waals surface area contributed by atoms with Crippen LogP contribution in [0.15, 0.2) is 10.3 Å². The van der Waals surface area contributed by atoms with E-state index >= 15 is 0 Å². The van der Waals surface area contributed by atoms with E-state index < -0.39 is 11.0 Å². The van der Waals surface area contributed by atoms with Crippen molar-refractivity contribution >= 4 is 51.4 Å². The third kappa shape index (κ3) is 4.58. The zero-order valence-electron chi connectivity index (χ0n) is 9.46. The van der Waals surface area contributed by atoms with Gasteiger partial charge in [0.2, 0.25) is 5.91 Å². The lowest BCUT2D eigenvalue weighted by Crippen LogP contribution is -2.25. The molecule has 96 valence electrons. The first-order valence-electron chi connectivity index (χ1n) is 5.05. The monoisotopic (exact) mass is 313 g/mol. The number of amides is 1. The van der Waals surface area contributed by atoms with Gasteiger partial charge < -0.3 is 0 Å². The van der Waals surface area contributed by atoms with Gasteiger partial charge in [-0.2, -0.15) is 0 Å². The van der Waals surface area contributed by atoms with Crippen molar-refractivity contribution in [3.8, 4) is 0 Å². The molecule has 0 aromatic carbocycles. The van der Waals surface area contributed by atoms with Crippen molar-refractivity contribution in [3.63, 3.8) is 0 Å². The Morgan fingerprint density at radius 2 is 2.18 bits per heavy atom. The lowest BCUT2D eigenvalue weighted by atomic mass is 10.1. The summed E-state index contributed by atoms with van der Waals surface area (Å²) in [7, 11) is -1.62. The predicted molar refractivity (Wildman–Crippen MR) is 73.0 cm³/mol. The maximum absolute atomic E-state index is 11.8. The second-order valence-electron chi connectivity index (χ2n) is 3.91. The molecule has 1 unspecified atom stereocenters. The number of halogens is 2. The van der Waals surface area contributed by atoms with Gasteiger partial charge in [-0.1, -0.05) is 37.0 Å². The van der Waals surface area contributed by atoms with E-state index in [2.05, 4.69) is 4.72 Å². The molecular formula is C10H13Cl2NO2S2. The predicted octanol–water partition coefficient (Wildman–Crippen LogP) is 3.63. The van der Waals surface area contributed by atoms with Crippen molar-refractivity contribution in [1.82, 2.24) is 4.72 Å². The molecule has 1 atom stereocenters. The molecule has 0 aliphatic carbocycles. The van der Waals surface area contributed by atoms with Gasteiger partial charge in [0.1, 0.15) is 4.34 Å². The molecule has 0 saturated heterocycles. The SMILES string of the molecule is CC(C)CCC(=O)NS(=O)c1csc(Cl)c1Cl. The van der Waals surface area contributed by atoms with E-state index in [1.807, 2.05) is 13.8 Å². The fraction of sp³-hybridized carbons (Fsp3) is 0.500. The van der Waals surface area contributed by atoms with Crippen LogP contribution in [-0.2, 0) is 15.8 Å². The number of rotatable bonds is 5. The Bertz CT molecular complexity index is 432. The zero-order valence-corrected chi connectivity index (χ0v) is 12.6. The topological polar surface area (TPSA) is 46.2 Å². The summed E-state index contributed by atoms with van der Waals surface area (Å²) < 4.78 is 14.6. The fourth-order valence-electron chi connectivity index (χ4n) is 1.06. The molecule has 0 spiro atoms. The minimum Gasteiger partial charge on any atom is -0.274 e. The minimum atomic E-state index is -1.62. The normalized spacial score (nSPS) is 12.8. The molecule has 0 radical (unpaired) electrons. The van der Waals surface area contributed by atoms with Crippen LogP contribution in [0.25, 0.3) is 0 Å². The van der Waals surface area contributed by atoms with Gasteiger partial charge in [-0.05, 0) is 12.3 Å². The average molecular weight is 314 g/mol. The van der Waals surface area contributed by atoms with Crippen molar-refractivity contribution in [3.05, 3.63) is 14.7 Å². The molecule has 1 heterocycles. The average Bonchev–Trinajstić information content (AvgIpc) is 2.57. The van der Waals surface area contributed by atoms with E-state index in [0.717, 1.165) is 6.42 Å². The molecule has 0 fully saturated rings. The number of hydrogen-bond acceptors (Lipinski definition) is 3. The number of thiophene rings is 1. The number of nitrogens with one attached hydrogen (secondary N) is 1.